The number of hydrogen-bond donors (Lipinski definition) is 0. The molecule has 1 aliphatic carbocycles. The number of aryl methyl sites for hydroxylation is 2. The molecule has 2 heterocycles. The highest BCUT2D eigenvalue weighted by atomic mass is 16.5. The first kappa shape index (κ1) is 15.4. The molecule has 1 aromatic carbocycles. The molecule has 24 heavy (non-hydrogen) atoms. The van der Waals surface area contributed by atoms with E-state index in [9.17, 15) is 4.79 Å². The summed E-state index contributed by atoms with van der Waals surface area (Å²) in [6, 6.07) is 8.54. The molecule has 126 valence electrons. The molecular formula is C19H23N3O2. The van der Waals surface area contributed by atoms with Gasteiger partial charge in [-0.25, -0.2) is 0 Å². The van der Waals surface area contributed by atoms with Gasteiger partial charge in [0, 0.05) is 32.4 Å². The van der Waals surface area contributed by atoms with Crippen LogP contribution in [0.25, 0.3) is 0 Å². The molecular weight excluding hydrogens is 302 g/mol. The predicted octanol–water partition coefficient (Wildman–Crippen LogP) is 3.20. The molecule has 0 N–H and O–H groups in total. The van der Waals surface area contributed by atoms with Gasteiger partial charge < -0.3 is 9.42 Å². The van der Waals surface area contributed by atoms with Crippen molar-refractivity contribution in [1.82, 2.24) is 15.0 Å². The molecule has 5 nitrogen and oxygen atoms in total. The van der Waals surface area contributed by atoms with E-state index in [-0.39, 0.29) is 11.8 Å². The fraction of sp³-hybridized carbons (Fsp3) is 0.526. The molecule has 5 heteroatoms. The number of likely N-dealkylation sites (tertiary alicyclic amines) is 1. The Hall–Kier alpha value is -2.17. The first-order valence-electron chi connectivity index (χ1n) is 8.86. The average Bonchev–Trinajstić information content (AvgIpc) is 3.22. The lowest BCUT2D eigenvalue weighted by atomic mass is 9.94. The van der Waals surface area contributed by atoms with Crippen LogP contribution in [0.5, 0.6) is 0 Å². The second-order valence-corrected chi connectivity index (χ2v) is 6.99. The summed E-state index contributed by atoms with van der Waals surface area (Å²) in [7, 11) is 0. The molecule has 1 aliphatic heterocycles. The molecule has 2 atom stereocenters. The topological polar surface area (TPSA) is 59.2 Å². The smallest absolute Gasteiger partial charge is 0.223 e. The van der Waals surface area contributed by atoms with E-state index < -0.39 is 0 Å². The molecule has 1 saturated heterocycles. The van der Waals surface area contributed by atoms with E-state index in [1.54, 1.807) is 6.92 Å². The minimum absolute atomic E-state index is 0.205. The Kier molecular flexibility index (Phi) is 4.08. The van der Waals surface area contributed by atoms with Crippen LogP contribution in [0.15, 0.2) is 28.8 Å². The molecule has 0 spiro atoms. The van der Waals surface area contributed by atoms with Crippen LogP contribution in [0.1, 0.15) is 60.4 Å². The van der Waals surface area contributed by atoms with E-state index in [0.29, 0.717) is 24.8 Å². The van der Waals surface area contributed by atoms with Gasteiger partial charge in [-0.1, -0.05) is 29.4 Å². The summed E-state index contributed by atoms with van der Waals surface area (Å²) < 4.78 is 5.10. The van der Waals surface area contributed by atoms with Gasteiger partial charge in [-0.2, -0.15) is 4.98 Å². The first-order chi connectivity index (χ1) is 11.7. The molecule has 0 unspecified atom stereocenters. The van der Waals surface area contributed by atoms with Crippen molar-refractivity contribution < 1.29 is 9.32 Å². The van der Waals surface area contributed by atoms with Crippen molar-refractivity contribution in [3.05, 3.63) is 47.1 Å². The third kappa shape index (κ3) is 2.95. The summed E-state index contributed by atoms with van der Waals surface area (Å²) in [5, 5.41) is 4.04. The van der Waals surface area contributed by atoms with Gasteiger partial charge >= 0.3 is 0 Å². The molecule has 2 aromatic rings. The minimum atomic E-state index is 0.205. The number of aromatic nitrogens is 2. The van der Waals surface area contributed by atoms with E-state index in [2.05, 4.69) is 34.4 Å². The SMILES string of the molecule is Cc1nc([C@@H]2CCCN(C(=O)C[C@@H]3CCc4ccccc43)C2)no1. The molecule has 2 aliphatic rings. The van der Waals surface area contributed by atoms with E-state index in [0.717, 1.165) is 38.1 Å². The van der Waals surface area contributed by atoms with Crippen molar-refractivity contribution in [1.29, 1.82) is 0 Å². The number of nitrogens with zero attached hydrogens (tertiary/aromatic N) is 3. The van der Waals surface area contributed by atoms with Crippen molar-refractivity contribution in [3.8, 4) is 0 Å². The molecule has 1 amide bonds. The number of fused-ring (bicyclic) bond motifs is 1. The highest BCUT2D eigenvalue weighted by molar-refractivity contribution is 5.77. The van der Waals surface area contributed by atoms with Crippen LogP contribution < -0.4 is 0 Å². The summed E-state index contributed by atoms with van der Waals surface area (Å²) >= 11 is 0. The Morgan fingerprint density at radius 3 is 3.04 bits per heavy atom. The summed E-state index contributed by atoms with van der Waals surface area (Å²) in [5.74, 6) is 2.19. The average molecular weight is 325 g/mol. The monoisotopic (exact) mass is 325 g/mol. The normalized spacial score (nSPS) is 23.3. The number of piperidine rings is 1. The van der Waals surface area contributed by atoms with Crippen molar-refractivity contribution in [2.24, 2.45) is 0 Å². The van der Waals surface area contributed by atoms with Crippen LogP contribution in [0.3, 0.4) is 0 Å². The Labute approximate surface area is 142 Å². The van der Waals surface area contributed by atoms with Crippen LogP contribution >= 0.6 is 0 Å². The van der Waals surface area contributed by atoms with Gasteiger partial charge in [0.15, 0.2) is 5.82 Å². The fourth-order valence-corrected chi connectivity index (χ4v) is 4.09. The Bertz CT molecular complexity index is 740. The van der Waals surface area contributed by atoms with Gasteiger partial charge in [0.25, 0.3) is 0 Å². The molecule has 4 rings (SSSR count). The molecule has 0 radical (unpaired) electrons. The van der Waals surface area contributed by atoms with Gasteiger partial charge in [-0.15, -0.1) is 0 Å². The number of hydrogen-bond acceptors (Lipinski definition) is 4. The molecule has 0 saturated carbocycles. The summed E-state index contributed by atoms with van der Waals surface area (Å²) in [5.41, 5.74) is 2.78. The van der Waals surface area contributed by atoms with Crippen molar-refractivity contribution in [3.63, 3.8) is 0 Å². The second kappa shape index (κ2) is 6.38. The lowest BCUT2D eigenvalue weighted by molar-refractivity contribution is -0.132. The van der Waals surface area contributed by atoms with Crippen molar-refractivity contribution >= 4 is 5.91 Å². The third-order valence-corrected chi connectivity index (χ3v) is 5.36. The van der Waals surface area contributed by atoms with Crippen molar-refractivity contribution in [2.75, 3.05) is 13.1 Å². The van der Waals surface area contributed by atoms with E-state index >= 15 is 0 Å². The molecule has 1 fully saturated rings. The zero-order chi connectivity index (χ0) is 16.5. The second-order valence-electron chi connectivity index (χ2n) is 6.99. The maximum atomic E-state index is 12.8. The van der Waals surface area contributed by atoms with Gasteiger partial charge in [-0.05, 0) is 42.7 Å². The zero-order valence-electron chi connectivity index (χ0n) is 14.1. The maximum Gasteiger partial charge on any atom is 0.223 e. The minimum Gasteiger partial charge on any atom is -0.342 e. The van der Waals surface area contributed by atoms with Gasteiger partial charge in [-0.3, -0.25) is 4.79 Å². The Morgan fingerprint density at radius 1 is 1.33 bits per heavy atom. The van der Waals surface area contributed by atoms with Crippen LogP contribution in [-0.2, 0) is 11.2 Å². The number of carbonyl (C=O) groups excluding carboxylic acids is 1. The quantitative estimate of drug-likeness (QED) is 0.869. The highest BCUT2D eigenvalue weighted by Crippen LogP contribution is 2.36. The highest BCUT2D eigenvalue weighted by Gasteiger charge is 2.30. The maximum absolute atomic E-state index is 12.8. The molecule has 0 bridgehead atoms. The summed E-state index contributed by atoms with van der Waals surface area (Å²) in [6.07, 6.45) is 4.83. The largest absolute Gasteiger partial charge is 0.342 e. The van der Waals surface area contributed by atoms with E-state index in [1.165, 1.54) is 11.1 Å². The molecule has 1 aromatic heterocycles. The lowest BCUT2D eigenvalue weighted by Gasteiger charge is -2.32. The zero-order valence-corrected chi connectivity index (χ0v) is 14.1. The number of rotatable bonds is 3. The Morgan fingerprint density at radius 2 is 2.21 bits per heavy atom. The number of benzene rings is 1. The van der Waals surface area contributed by atoms with E-state index in [4.69, 9.17) is 4.52 Å². The predicted molar refractivity (Wildman–Crippen MR) is 89.7 cm³/mol. The third-order valence-electron chi connectivity index (χ3n) is 5.36. The Balaban J connectivity index is 1.41. The van der Waals surface area contributed by atoms with Crippen LogP contribution in [0, 0.1) is 6.92 Å². The summed E-state index contributed by atoms with van der Waals surface area (Å²) in [4.78, 5) is 19.2. The van der Waals surface area contributed by atoms with Crippen LogP contribution in [0.2, 0.25) is 0 Å². The van der Waals surface area contributed by atoms with Crippen LogP contribution in [0.4, 0.5) is 0 Å². The van der Waals surface area contributed by atoms with Gasteiger partial charge in [0.1, 0.15) is 0 Å². The fourth-order valence-electron chi connectivity index (χ4n) is 4.09. The first-order valence-corrected chi connectivity index (χ1v) is 8.86. The standard InChI is InChI=1S/C19H23N3O2/c1-13-20-19(21-24-13)16-6-4-10-22(12-16)18(23)11-15-9-8-14-5-2-3-7-17(14)15/h2-3,5,7,15-16H,4,6,8-12H2,1H3/t15-,16+/m0/s1. The summed E-state index contributed by atoms with van der Waals surface area (Å²) in [6.45, 7) is 3.37. The van der Waals surface area contributed by atoms with Crippen LogP contribution in [-0.4, -0.2) is 34.0 Å². The lowest BCUT2D eigenvalue weighted by Crippen LogP contribution is -2.39. The number of carbonyl (C=O) groups is 1. The van der Waals surface area contributed by atoms with E-state index in [1.807, 2.05) is 4.90 Å². The number of amides is 1. The van der Waals surface area contributed by atoms with Crippen molar-refractivity contribution in [2.45, 2.75) is 50.9 Å². The van der Waals surface area contributed by atoms with Gasteiger partial charge in [0.05, 0.1) is 0 Å². The van der Waals surface area contributed by atoms with Gasteiger partial charge in [0.2, 0.25) is 11.8 Å².